The van der Waals surface area contributed by atoms with Crippen molar-refractivity contribution in [2.45, 2.75) is 64.3 Å². The molecule has 0 spiro atoms. The Hall–Kier alpha value is -2.15. The largest absolute Gasteiger partial charge is 0.351 e. The molecule has 1 aliphatic heterocycles. The van der Waals surface area contributed by atoms with Gasteiger partial charge >= 0.3 is 0 Å². The summed E-state index contributed by atoms with van der Waals surface area (Å²) in [5.74, 6) is 1.13. The number of rotatable bonds is 6. The van der Waals surface area contributed by atoms with Crippen molar-refractivity contribution < 1.29 is 9.32 Å². The van der Waals surface area contributed by atoms with E-state index in [0.29, 0.717) is 17.6 Å². The third-order valence-corrected chi connectivity index (χ3v) is 6.68. The molecule has 0 aromatic carbocycles. The summed E-state index contributed by atoms with van der Waals surface area (Å²) < 4.78 is 7.32. The van der Waals surface area contributed by atoms with Crippen LogP contribution in [0.1, 0.15) is 78.4 Å². The van der Waals surface area contributed by atoms with Gasteiger partial charge in [-0.25, -0.2) is 0 Å². The van der Waals surface area contributed by atoms with Gasteiger partial charge in [0.25, 0.3) is 5.91 Å². The average molecular weight is 400 g/mol. The highest BCUT2D eigenvalue weighted by molar-refractivity contribution is 5.91. The van der Waals surface area contributed by atoms with Gasteiger partial charge < -0.3 is 9.84 Å². The van der Waals surface area contributed by atoms with Crippen molar-refractivity contribution in [1.82, 2.24) is 25.2 Å². The fourth-order valence-electron chi connectivity index (χ4n) is 4.68. The molecule has 29 heavy (non-hydrogen) atoms. The van der Waals surface area contributed by atoms with Crippen molar-refractivity contribution in [2.75, 3.05) is 19.6 Å². The first-order valence-corrected chi connectivity index (χ1v) is 11.0. The smallest absolute Gasteiger partial charge is 0.289 e. The third kappa shape index (κ3) is 4.89. The van der Waals surface area contributed by atoms with E-state index in [-0.39, 0.29) is 5.91 Å². The number of amides is 1. The van der Waals surface area contributed by atoms with Crippen molar-refractivity contribution in [1.29, 1.82) is 0 Å². The van der Waals surface area contributed by atoms with Crippen molar-refractivity contribution in [3.05, 3.63) is 35.0 Å². The van der Waals surface area contributed by atoms with Crippen LogP contribution in [-0.2, 0) is 13.6 Å². The Morgan fingerprint density at radius 3 is 2.83 bits per heavy atom. The number of likely N-dealkylation sites (tertiary alicyclic amines) is 1. The molecule has 1 atom stereocenters. The highest BCUT2D eigenvalue weighted by Gasteiger charge is 2.26. The number of aryl methyl sites for hydroxylation is 1. The van der Waals surface area contributed by atoms with Gasteiger partial charge in [0.05, 0.1) is 11.9 Å². The van der Waals surface area contributed by atoms with E-state index >= 15 is 0 Å². The van der Waals surface area contributed by atoms with Crippen LogP contribution in [0.5, 0.6) is 0 Å². The lowest BCUT2D eigenvalue weighted by Crippen LogP contribution is -2.34. The second kappa shape index (κ2) is 9.11. The minimum atomic E-state index is -0.132. The lowest BCUT2D eigenvalue weighted by atomic mass is 9.89. The number of aromatic nitrogens is 3. The topological polar surface area (TPSA) is 76.2 Å². The van der Waals surface area contributed by atoms with Gasteiger partial charge in [0.1, 0.15) is 0 Å². The quantitative estimate of drug-likeness (QED) is 0.806. The number of hydrogen-bond donors (Lipinski definition) is 1. The Kier molecular flexibility index (Phi) is 6.33. The summed E-state index contributed by atoms with van der Waals surface area (Å²) in [6, 6.07) is 1.85. The minimum absolute atomic E-state index is 0.132. The Bertz CT molecular complexity index is 821. The molecule has 3 heterocycles. The number of hydrogen-bond acceptors (Lipinski definition) is 5. The van der Waals surface area contributed by atoms with Crippen LogP contribution in [-0.4, -0.2) is 45.4 Å². The van der Waals surface area contributed by atoms with Gasteiger partial charge in [-0.1, -0.05) is 24.4 Å². The minimum Gasteiger partial charge on any atom is -0.351 e. The fourth-order valence-corrected chi connectivity index (χ4v) is 4.68. The maximum atomic E-state index is 12.5. The van der Waals surface area contributed by atoms with Crippen molar-refractivity contribution in [3.63, 3.8) is 0 Å². The Balaban J connectivity index is 1.32. The van der Waals surface area contributed by atoms with E-state index in [0.717, 1.165) is 44.7 Å². The number of nitrogens with zero attached hydrogens (tertiary/aromatic N) is 4. The zero-order chi connectivity index (χ0) is 20.2. The number of piperidine rings is 1. The summed E-state index contributed by atoms with van der Waals surface area (Å²) in [7, 11) is 1.98. The van der Waals surface area contributed by atoms with Crippen LogP contribution >= 0.6 is 0 Å². The molecule has 2 fully saturated rings. The van der Waals surface area contributed by atoms with Crippen LogP contribution < -0.4 is 5.32 Å². The molecular weight excluding hydrogens is 366 g/mol. The van der Waals surface area contributed by atoms with Gasteiger partial charge in [0.15, 0.2) is 0 Å². The van der Waals surface area contributed by atoms with E-state index in [2.05, 4.69) is 27.4 Å². The van der Waals surface area contributed by atoms with Crippen molar-refractivity contribution in [2.24, 2.45) is 13.0 Å². The molecule has 7 heteroatoms. The maximum absolute atomic E-state index is 12.5. The van der Waals surface area contributed by atoms with Crippen LogP contribution in [0, 0.1) is 12.8 Å². The van der Waals surface area contributed by atoms with Crippen molar-refractivity contribution in [3.8, 4) is 0 Å². The molecule has 1 amide bonds. The van der Waals surface area contributed by atoms with Crippen molar-refractivity contribution >= 4 is 5.91 Å². The normalized spacial score (nSPS) is 21.4. The Morgan fingerprint density at radius 1 is 1.24 bits per heavy atom. The van der Waals surface area contributed by atoms with E-state index in [1.165, 1.54) is 43.4 Å². The number of nitrogens with one attached hydrogen (secondary N) is 1. The molecule has 7 nitrogen and oxygen atoms in total. The van der Waals surface area contributed by atoms with E-state index in [1.54, 1.807) is 0 Å². The van der Waals surface area contributed by atoms with Gasteiger partial charge in [-0.05, 0) is 45.1 Å². The molecule has 4 rings (SSSR count). The SMILES string of the molecule is Cc1c(CN2CCC[C@H](c3cc(C(=O)NCC4CCCCC4)on3)C2)cnn1C. The Morgan fingerprint density at radius 2 is 2.07 bits per heavy atom. The lowest BCUT2D eigenvalue weighted by molar-refractivity contribution is 0.0906. The molecule has 1 aliphatic carbocycles. The molecular formula is C22H33N5O2. The molecule has 158 valence electrons. The first-order valence-electron chi connectivity index (χ1n) is 11.0. The molecule has 2 aliphatic rings. The molecule has 1 N–H and O–H groups in total. The highest BCUT2D eigenvalue weighted by Crippen LogP contribution is 2.28. The van der Waals surface area contributed by atoms with Gasteiger partial charge in [0.2, 0.25) is 5.76 Å². The average Bonchev–Trinajstić information content (AvgIpc) is 3.36. The monoisotopic (exact) mass is 399 g/mol. The zero-order valence-electron chi connectivity index (χ0n) is 17.7. The molecule has 1 saturated heterocycles. The van der Waals surface area contributed by atoms with Gasteiger partial charge in [-0.3, -0.25) is 14.4 Å². The molecule has 2 aromatic heterocycles. The molecule has 2 aromatic rings. The summed E-state index contributed by atoms with van der Waals surface area (Å²) in [6.07, 6.45) is 10.5. The number of carbonyl (C=O) groups is 1. The summed E-state index contributed by atoms with van der Waals surface area (Å²) in [5, 5.41) is 11.6. The first kappa shape index (κ1) is 20.1. The Labute approximate surface area is 172 Å². The third-order valence-electron chi connectivity index (χ3n) is 6.68. The first-order chi connectivity index (χ1) is 14.1. The van der Waals surface area contributed by atoms with Gasteiger partial charge in [-0.15, -0.1) is 0 Å². The molecule has 0 unspecified atom stereocenters. The second-order valence-electron chi connectivity index (χ2n) is 8.78. The summed E-state index contributed by atoms with van der Waals surface area (Å²) in [6.45, 7) is 5.78. The predicted octanol–water partition coefficient (Wildman–Crippen LogP) is 3.41. The van der Waals surface area contributed by atoms with E-state index in [9.17, 15) is 4.79 Å². The van der Waals surface area contributed by atoms with Crippen LogP contribution in [0.2, 0.25) is 0 Å². The zero-order valence-corrected chi connectivity index (χ0v) is 17.7. The molecule has 0 bridgehead atoms. The van der Waals surface area contributed by atoms with E-state index in [4.69, 9.17) is 4.52 Å². The maximum Gasteiger partial charge on any atom is 0.289 e. The van der Waals surface area contributed by atoms with Crippen LogP contribution in [0.3, 0.4) is 0 Å². The summed E-state index contributed by atoms with van der Waals surface area (Å²) >= 11 is 0. The summed E-state index contributed by atoms with van der Waals surface area (Å²) in [5.41, 5.74) is 3.39. The summed E-state index contributed by atoms with van der Waals surface area (Å²) in [4.78, 5) is 14.9. The van der Waals surface area contributed by atoms with Crippen LogP contribution in [0.4, 0.5) is 0 Å². The highest BCUT2D eigenvalue weighted by atomic mass is 16.5. The van der Waals surface area contributed by atoms with E-state index in [1.807, 2.05) is 24.0 Å². The predicted molar refractivity (Wildman–Crippen MR) is 111 cm³/mol. The van der Waals surface area contributed by atoms with Gasteiger partial charge in [0, 0.05) is 49.9 Å². The van der Waals surface area contributed by atoms with Crippen LogP contribution in [0.15, 0.2) is 16.8 Å². The molecule has 0 radical (unpaired) electrons. The standard InChI is InChI=1S/C22H33N5O2/c1-16-19(13-24-26(16)2)15-27-10-6-9-18(14-27)20-11-21(29-25-20)22(28)23-12-17-7-4-3-5-8-17/h11,13,17-18H,3-10,12,14-15H2,1-2H3,(H,23,28)/t18-/m0/s1. The van der Waals surface area contributed by atoms with Gasteiger partial charge in [-0.2, -0.15) is 5.10 Å². The fraction of sp³-hybridized carbons (Fsp3) is 0.682. The lowest BCUT2D eigenvalue weighted by Gasteiger charge is -2.31. The van der Waals surface area contributed by atoms with Crippen LogP contribution in [0.25, 0.3) is 0 Å². The second-order valence-corrected chi connectivity index (χ2v) is 8.78. The molecule has 1 saturated carbocycles. The van der Waals surface area contributed by atoms with E-state index < -0.39 is 0 Å². The number of carbonyl (C=O) groups excluding carboxylic acids is 1.